The largest absolute Gasteiger partial charge is 0.480 e. The molecule has 0 atom stereocenters. The lowest BCUT2D eigenvalue weighted by molar-refractivity contribution is -0.146. The van der Waals surface area contributed by atoms with E-state index in [1.54, 1.807) is 18.2 Å². The van der Waals surface area contributed by atoms with Gasteiger partial charge in [-0.2, -0.15) is 0 Å². The Hall–Kier alpha value is -1.75. The van der Waals surface area contributed by atoms with Gasteiger partial charge in [-0.15, -0.1) is 0 Å². The van der Waals surface area contributed by atoms with Gasteiger partial charge in [0.25, 0.3) is 0 Å². The molecule has 1 rings (SSSR count). The highest BCUT2D eigenvalue weighted by molar-refractivity contribution is 6.31. The summed E-state index contributed by atoms with van der Waals surface area (Å²) in [5.41, 5.74) is 0.112. The Labute approximate surface area is 117 Å². The SMILES string of the molecule is Cc1ccc(Cl)cc1NC(=O)N(C)C(C)(C)C(=O)O. The molecule has 1 aromatic carbocycles. The molecule has 6 heteroatoms. The lowest BCUT2D eigenvalue weighted by Gasteiger charge is -2.31. The lowest BCUT2D eigenvalue weighted by Crippen LogP contribution is -2.52. The number of amides is 2. The molecule has 1 aromatic rings. The average Bonchev–Trinajstić information content (AvgIpc) is 2.32. The van der Waals surface area contributed by atoms with E-state index in [9.17, 15) is 9.59 Å². The number of hydrogen-bond donors (Lipinski definition) is 2. The van der Waals surface area contributed by atoms with Crippen LogP contribution in [0.25, 0.3) is 0 Å². The van der Waals surface area contributed by atoms with Crippen LogP contribution >= 0.6 is 11.6 Å². The van der Waals surface area contributed by atoms with Gasteiger partial charge in [0.2, 0.25) is 0 Å². The van der Waals surface area contributed by atoms with Gasteiger partial charge in [0, 0.05) is 17.8 Å². The van der Waals surface area contributed by atoms with Crippen molar-refractivity contribution >= 4 is 29.3 Å². The first-order valence-corrected chi connectivity index (χ1v) is 6.08. The number of rotatable bonds is 3. The minimum absolute atomic E-state index is 0.501. The summed E-state index contributed by atoms with van der Waals surface area (Å²) >= 11 is 5.86. The smallest absolute Gasteiger partial charge is 0.329 e. The Bertz CT molecular complexity index is 515. The third-order valence-electron chi connectivity index (χ3n) is 3.11. The molecule has 0 bridgehead atoms. The predicted molar refractivity (Wildman–Crippen MR) is 74.7 cm³/mol. The van der Waals surface area contributed by atoms with Crippen LogP contribution in [0.2, 0.25) is 5.02 Å². The van der Waals surface area contributed by atoms with Crippen LogP contribution in [-0.4, -0.2) is 34.6 Å². The molecular weight excluding hydrogens is 268 g/mol. The quantitative estimate of drug-likeness (QED) is 0.896. The van der Waals surface area contributed by atoms with Crippen LogP contribution in [0.3, 0.4) is 0 Å². The van der Waals surface area contributed by atoms with Gasteiger partial charge in [0.15, 0.2) is 0 Å². The predicted octanol–water partition coefficient (Wildman–Crippen LogP) is 2.98. The maximum absolute atomic E-state index is 12.0. The number of likely N-dealkylation sites (N-methyl/N-ethyl adjacent to an activating group) is 1. The van der Waals surface area contributed by atoms with E-state index < -0.39 is 17.5 Å². The van der Waals surface area contributed by atoms with Crippen molar-refractivity contribution in [2.24, 2.45) is 0 Å². The van der Waals surface area contributed by atoms with Gasteiger partial charge in [-0.05, 0) is 38.5 Å². The number of aliphatic carboxylic acids is 1. The number of nitrogens with zero attached hydrogens (tertiary/aromatic N) is 1. The molecule has 2 N–H and O–H groups in total. The molecule has 19 heavy (non-hydrogen) atoms. The minimum Gasteiger partial charge on any atom is -0.480 e. The van der Waals surface area contributed by atoms with E-state index in [1.807, 2.05) is 6.92 Å². The summed E-state index contributed by atoms with van der Waals surface area (Å²) in [6.45, 7) is 4.74. The number of carbonyl (C=O) groups excluding carboxylic acids is 1. The molecular formula is C13H17ClN2O3. The summed E-state index contributed by atoms with van der Waals surface area (Å²) in [5.74, 6) is -1.08. The van der Waals surface area contributed by atoms with Crippen molar-refractivity contribution in [3.05, 3.63) is 28.8 Å². The van der Waals surface area contributed by atoms with E-state index >= 15 is 0 Å². The van der Waals surface area contributed by atoms with Crippen molar-refractivity contribution in [2.75, 3.05) is 12.4 Å². The van der Waals surface area contributed by atoms with E-state index in [1.165, 1.54) is 20.9 Å². The van der Waals surface area contributed by atoms with E-state index in [-0.39, 0.29) is 0 Å². The zero-order valence-corrected chi connectivity index (χ0v) is 12.1. The summed E-state index contributed by atoms with van der Waals surface area (Å²) in [7, 11) is 1.43. The molecule has 0 radical (unpaired) electrons. The van der Waals surface area contributed by atoms with Crippen LogP contribution in [-0.2, 0) is 4.79 Å². The Balaban J connectivity index is 2.91. The second-order valence-corrected chi connectivity index (χ2v) is 5.25. The van der Waals surface area contributed by atoms with Crippen molar-refractivity contribution in [3.63, 3.8) is 0 Å². The number of carboxylic acid groups (broad SMARTS) is 1. The van der Waals surface area contributed by atoms with Crippen molar-refractivity contribution < 1.29 is 14.7 Å². The Morgan fingerprint density at radius 2 is 1.95 bits per heavy atom. The monoisotopic (exact) mass is 284 g/mol. The summed E-state index contributed by atoms with van der Waals surface area (Å²) in [4.78, 5) is 24.3. The zero-order valence-electron chi connectivity index (χ0n) is 11.3. The molecule has 2 amide bonds. The molecule has 0 fully saturated rings. The van der Waals surface area contributed by atoms with Gasteiger partial charge in [-0.1, -0.05) is 17.7 Å². The number of hydrogen-bond acceptors (Lipinski definition) is 2. The molecule has 0 aromatic heterocycles. The highest BCUT2D eigenvalue weighted by Gasteiger charge is 2.35. The van der Waals surface area contributed by atoms with Crippen molar-refractivity contribution in [1.29, 1.82) is 0 Å². The Morgan fingerprint density at radius 3 is 2.47 bits per heavy atom. The van der Waals surface area contributed by atoms with Gasteiger partial charge >= 0.3 is 12.0 Å². The maximum atomic E-state index is 12.0. The fourth-order valence-electron chi connectivity index (χ4n) is 1.33. The number of carbonyl (C=O) groups is 2. The molecule has 0 aliphatic carbocycles. The zero-order chi connectivity index (χ0) is 14.8. The van der Waals surface area contributed by atoms with Gasteiger partial charge in [-0.3, -0.25) is 0 Å². The van der Waals surface area contributed by atoms with Crippen molar-refractivity contribution in [1.82, 2.24) is 4.90 Å². The first-order chi connectivity index (χ1) is 8.66. The fourth-order valence-corrected chi connectivity index (χ4v) is 1.50. The maximum Gasteiger partial charge on any atom is 0.329 e. The number of aryl methyl sites for hydroxylation is 1. The van der Waals surface area contributed by atoms with Crippen LogP contribution < -0.4 is 5.32 Å². The minimum atomic E-state index is -1.30. The molecule has 5 nitrogen and oxygen atoms in total. The van der Waals surface area contributed by atoms with Gasteiger partial charge in [0.05, 0.1) is 0 Å². The Kier molecular flexibility index (Phi) is 4.42. The topological polar surface area (TPSA) is 69.6 Å². The van der Waals surface area contributed by atoms with Crippen LogP contribution in [0, 0.1) is 6.92 Å². The molecule has 0 heterocycles. The molecule has 0 saturated heterocycles. The van der Waals surface area contributed by atoms with Crippen LogP contribution in [0.15, 0.2) is 18.2 Å². The number of urea groups is 1. The van der Waals surface area contributed by atoms with Crippen molar-refractivity contribution in [2.45, 2.75) is 26.3 Å². The van der Waals surface area contributed by atoms with Crippen LogP contribution in [0.5, 0.6) is 0 Å². The van der Waals surface area contributed by atoms with Crippen molar-refractivity contribution in [3.8, 4) is 0 Å². The lowest BCUT2D eigenvalue weighted by atomic mass is 10.0. The molecule has 0 unspecified atom stereocenters. The van der Waals surface area contributed by atoms with Crippen LogP contribution in [0.4, 0.5) is 10.5 Å². The molecule has 0 spiro atoms. The standard InChI is InChI=1S/C13H17ClN2O3/c1-8-5-6-9(14)7-10(8)15-12(19)16(4)13(2,3)11(17)18/h5-7H,1-4H3,(H,15,19)(H,17,18). The summed E-state index contributed by atoms with van der Waals surface area (Å²) in [6, 6.07) is 4.62. The van der Waals surface area contributed by atoms with Crippen LogP contribution in [0.1, 0.15) is 19.4 Å². The fraction of sp³-hybridized carbons (Fsp3) is 0.385. The molecule has 104 valence electrons. The third kappa shape index (κ3) is 3.38. The number of carboxylic acids is 1. The highest BCUT2D eigenvalue weighted by Crippen LogP contribution is 2.21. The van der Waals surface area contributed by atoms with E-state index in [0.717, 1.165) is 10.5 Å². The summed E-state index contributed by atoms with van der Waals surface area (Å²) < 4.78 is 0. The number of nitrogens with one attached hydrogen (secondary N) is 1. The normalized spacial score (nSPS) is 11.0. The number of benzene rings is 1. The second-order valence-electron chi connectivity index (χ2n) is 4.81. The number of halogens is 1. The van der Waals surface area contributed by atoms with E-state index in [0.29, 0.717) is 10.7 Å². The van der Waals surface area contributed by atoms with E-state index in [4.69, 9.17) is 16.7 Å². The first kappa shape index (κ1) is 15.3. The first-order valence-electron chi connectivity index (χ1n) is 5.70. The highest BCUT2D eigenvalue weighted by atomic mass is 35.5. The molecule has 0 aliphatic heterocycles. The number of anilines is 1. The third-order valence-corrected chi connectivity index (χ3v) is 3.34. The van der Waals surface area contributed by atoms with Gasteiger partial charge in [-0.25, -0.2) is 9.59 Å². The Morgan fingerprint density at radius 1 is 1.37 bits per heavy atom. The molecule has 0 saturated carbocycles. The van der Waals surface area contributed by atoms with E-state index in [2.05, 4.69) is 5.32 Å². The summed E-state index contributed by atoms with van der Waals surface area (Å²) in [6.07, 6.45) is 0. The average molecular weight is 285 g/mol. The summed E-state index contributed by atoms with van der Waals surface area (Å²) in [5, 5.41) is 12.2. The second kappa shape index (κ2) is 5.48. The molecule has 0 aliphatic rings. The van der Waals surface area contributed by atoms with Gasteiger partial charge < -0.3 is 15.3 Å². The van der Waals surface area contributed by atoms with Gasteiger partial charge in [0.1, 0.15) is 5.54 Å².